The van der Waals surface area contributed by atoms with Gasteiger partial charge in [-0.3, -0.25) is 10.1 Å². The summed E-state index contributed by atoms with van der Waals surface area (Å²) in [5.41, 5.74) is -3.99. The first-order chi connectivity index (χ1) is 19.3. The lowest BCUT2D eigenvalue weighted by atomic mass is 9.79. The molecule has 2 aliphatic rings. The largest absolute Gasteiger partial charge is 0.480 e. The van der Waals surface area contributed by atoms with Crippen molar-refractivity contribution in [1.29, 1.82) is 0 Å². The van der Waals surface area contributed by atoms with Gasteiger partial charge in [-0.1, -0.05) is 6.07 Å². The third kappa shape index (κ3) is 6.06. The summed E-state index contributed by atoms with van der Waals surface area (Å²) in [5.74, 6) is -1.51. The van der Waals surface area contributed by atoms with E-state index in [0.29, 0.717) is 42.5 Å². The number of benzene rings is 2. The molecule has 2 saturated heterocycles. The first kappa shape index (κ1) is 31.6. The van der Waals surface area contributed by atoms with E-state index in [2.05, 4.69) is 5.32 Å². The molecule has 42 heavy (non-hydrogen) atoms. The number of carbonyl (C=O) groups excluding carboxylic acids is 1. The van der Waals surface area contributed by atoms with E-state index in [4.69, 9.17) is 0 Å². The molecule has 6 nitrogen and oxygen atoms in total. The molecule has 2 aromatic rings. The normalized spacial score (nSPS) is 25.5. The summed E-state index contributed by atoms with van der Waals surface area (Å²) in [7, 11) is 1.30. The van der Waals surface area contributed by atoms with Crippen LogP contribution < -0.4 is 5.32 Å². The topological polar surface area (TPSA) is 72.9 Å². The first-order valence-electron chi connectivity index (χ1n) is 13.4. The minimum Gasteiger partial charge on any atom is -0.480 e. The highest BCUT2D eigenvalue weighted by atomic mass is 19.4. The molecule has 4 rings (SSSR count). The minimum absolute atomic E-state index is 0.0367. The third-order valence-electron chi connectivity index (χ3n) is 8.72. The Morgan fingerprint density at radius 2 is 1.62 bits per heavy atom. The summed E-state index contributed by atoms with van der Waals surface area (Å²) in [6.45, 7) is 4.71. The Morgan fingerprint density at radius 3 is 2.12 bits per heavy atom. The van der Waals surface area contributed by atoms with E-state index in [-0.39, 0.29) is 24.6 Å². The number of amides is 2. The molecule has 2 amide bonds. The van der Waals surface area contributed by atoms with Gasteiger partial charge in [0.05, 0.1) is 23.2 Å². The summed E-state index contributed by atoms with van der Waals surface area (Å²) in [5, 5.41) is 13.0. The van der Waals surface area contributed by atoms with E-state index in [1.807, 2.05) is 0 Å². The molecule has 2 fully saturated rings. The lowest BCUT2D eigenvalue weighted by molar-refractivity contribution is -0.144. The van der Waals surface area contributed by atoms with Crippen LogP contribution in [0.2, 0.25) is 0 Å². The van der Waals surface area contributed by atoms with Gasteiger partial charge < -0.3 is 14.9 Å². The number of aryl methyl sites for hydroxylation is 1. The van der Waals surface area contributed by atoms with Crippen LogP contribution in [0.15, 0.2) is 36.4 Å². The van der Waals surface area contributed by atoms with Crippen molar-refractivity contribution in [2.75, 3.05) is 13.6 Å². The molecule has 230 valence electrons. The van der Waals surface area contributed by atoms with Gasteiger partial charge in [0, 0.05) is 19.1 Å². The Hall–Kier alpha value is -3.35. The first-order valence-corrected chi connectivity index (χ1v) is 13.4. The van der Waals surface area contributed by atoms with Crippen LogP contribution in [-0.2, 0) is 17.1 Å². The predicted molar refractivity (Wildman–Crippen MR) is 139 cm³/mol. The highest BCUT2D eigenvalue weighted by molar-refractivity contribution is 5.79. The summed E-state index contributed by atoms with van der Waals surface area (Å²) in [4.78, 5) is 28.4. The Bertz CT molecular complexity index is 1350. The van der Waals surface area contributed by atoms with Crippen LogP contribution in [0.5, 0.6) is 0 Å². The number of halogens is 7. The van der Waals surface area contributed by atoms with E-state index in [1.54, 1.807) is 13.8 Å². The quantitative estimate of drug-likeness (QED) is 0.366. The van der Waals surface area contributed by atoms with Crippen molar-refractivity contribution in [3.8, 4) is 0 Å². The zero-order valence-electron chi connectivity index (χ0n) is 23.5. The third-order valence-corrected chi connectivity index (χ3v) is 8.72. The van der Waals surface area contributed by atoms with E-state index < -0.39 is 64.5 Å². The molecular formula is C29H32F7N3O3. The predicted octanol–water partition coefficient (Wildman–Crippen LogP) is 7.09. The van der Waals surface area contributed by atoms with Crippen molar-refractivity contribution in [3.63, 3.8) is 0 Å². The van der Waals surface area contributed by atoms with Crippen molar-refractivity contribution in [1.82, 2.24) is 15.1 Å². The minimum atomic E-state index is -5.04. The van der Waals surface area contributed by atoms with Gasteiger partial charge in [0.2, 0.25) is 0 Å². The monoisotopic (exact) mass is 603 g/mol. The standard InChI is InChI=1S/C29H32F7N3O3/c1-16-11-21(30)5-6-22(16)23-15-27(8-7-26(3,37-27)24(40)41)9-10-39(23)25(42)38(4)17(2)18-12-19(28(31,32)33)14-20(13-18)29(34,35)36/h5-6,11-14,17,23,37H,7-10,15H2,1-4H3,(H,40,41)/t17-,23-,26+,27+/m1/s1. The highest BCUT2D eigenvalue weighted by Crippen LogP contribution is 2.46. The maximum atomic E-state index is 14.0. The SMILES string of the molecule is Cc1cc(F)ccc1[C@H]1C[C@@]2(CCN1C(=O)N(C)[C@H](C)c1cc(C(F)(F)F)cc(C(F)(F)F)c1)CC[C@@](C)(C(=O)O)N2. The number of carboxylic acid groups (broad SMARTS) is 1. The molecule has 13 heteroatoms. The van der Waals surface area contributed by atoms with Gasteiger partial charge in [0.15, 0.2) is 0 Å². The Kier molecular flexibility index (Phi) is 8.07. The molecule has 4 atom stereocenters. The van der Waals surface area contributed by atoms with Gasteiger partial charge >= 0.3 is 24.4 Å². The second-order valence-electron chi connectivity index (χ2n) is 11.6. The maximum Gasteiger partial charge on any atom is 0.416 e. The summed E-state index contributed by atoms with van der Waals surface area (Å²) >= 11 is 0. The summed E-state index contributed by atoms with van der Waals surface area (Å²) < 4.78 is 94.9. The van der Waals surface area contributed by atoms with Crippen molar-refractivity contribution < 1.29 is 45.4 Å². The van der Waals surface area contributed by atoms with E-state index in [9.17, 15) is 45.4 Å². The second-order valence-corrected chi connectivity index (χ2v) is 11.6. The fourth-order valence-corrected chi connectivity index (χ4v) is 6.11. The molecule has 0 aromatic heterocycles. The number of nitrogens with one attached hydrogen (secondary N) is 1. The molecule has 0 unspecified atom stereocenters. The summed E-state index contributed by atoms with van der Waals surface area (Å²) in [6, 6.07) is 2.83. The van der Waals surface area contributed by atoms with Crippen LogP contribution in [-0.4, -0.2) is 51.6 Å². The highest BCUT2D eigenvalue weighted by Gasteiger charge is 2.53. The van der Waals surface area contributed by atoms with Gasteiger partial charge in [0.1, 0.15) is 11.4 Å². The zero-order chi connectivity index (χ0) is 31.4. The van der Waals surface area contributed by atoms with E-state index in [1.165, 1.54) is 37.1 Å². The number of carbonyl (C=O) groups is 2. The summed E-state index contributed by atoms with van der Waals surface area (Å²) in [6.07, 6.45) is -8.59. The molecule has 0 bridgehead atoms. The van der Waals surface area contributed by atoms with Gasteiger partial charge in [-0.15, -0.1) is 0 Å². The van der Waals surface area contributed by atoms with Crippen LogP contribution in [0.1, 0.15) is 79.4 Å². The number of likely N-dealkylation sites (tertiary alicyclic amines) is 1. The fourth-order valence-electron chi connectivity index (χ4n) is 6.11. The van der Waals surface area contributed by atoms with Gasteiger partial charge in [-0.05, 0) is 93.5 Å². The number of urea groups is 1. The number of carboxylic acids is 1. The number of hydrogen-bond acceptors (Lipinski definition) is 3. The zero-order valence-corrected chi connectivity index (χ0v) is 23.5. The van der Waals surface area contributed by atoms with Crippen LogP contribution in [0.3, 0.4) is 0 Å². The number of aliphatic carboxylic acids is 1. The van der Waals surface area contributed by atoms with Crippen LogP contribution >= 0.6 is 0 Å². The molecule has 1 spiro atoms. The van der Waals surface area contributed by atoms with Crippen LogP contribution in [0, 0.1) is 12.7 Å². The number of nitrogens with zero attached hydrogens (tertiary/aromatic N) is 2. The fraction of sp³-hybridized carbons (Fsp3) is 0.517. The lowest BCUT2D eigenvalue weighted by Crippen LogP contribution is -2.59. The van der Waals surface area contributed by atoms with Crippen molar-refractivity contribution in [3.05, 3.63) is 70.0 Å². The average Bonchev–Trinajstić information content (AvgIpc) is 3.23. The molecule has 0 aliphatic carbocycles. The van der Waals surface area contributed by atoms with Gasteiger partial charge in [-0.25, -0.2) is 9.18 Å². The Balaban J connectivity index is 1.69. The Morgan fingerprint density at radius 1 is 1.02 bits per heavy atom. The van der Waals surface area contributed by atoms with Gasteiger partial charge in [-0.2, -0.15) is 26.3 Å². The van der Waals surface area contributed by atoms with E-state index >= 15 is 0 Å². The molecule has 0 radical (unpaired) electrons. The smallest absolute Gasteiger partial charge is 0.416 e. The van der Waals surface area contributed by atoms with Crippen LogP contribution in [0.25, 0.3) is 0 Å². The second kappa shape index (κ2) is 10.7. The molecule has 2 heterocycles. The lowest BCUT2D eigenvalue weighted by Gasteiger charge is -2.48. The van der Waals surface area contributed by atoms with Gasteiger partial charge in [0.25, 0.3) is 0 Å². The molecular weight excluding hydrogens is 571 g/mol. The van der Waals surface area contributed by atoms with E-state index in [0.717, 1.165) is 4.90 Å². The molecule has 2 aromatic carbocycles. The molecule has 0 saturated carbocycles. The van der Waals surface area contributed by atoms with Crippen molar-refractivity contribution in [2.45, 2.75) is 82.0 Å². The maximum absolute atomic E-state index is 14.0. The molecule has 2 N–H and O–H groups in total. The van der Waals surface area contributed by atoms with Crippen molar-refractivity contribution >= 4 is 12.0 Å². The molecule has 2 aliphatic heterocycles. The van der Waals surface area contributed by atoms with Crippen molar-refractivity contribution in [2.24, 2.45) is 0 Å². The van der Waals surface area contributed by atoms with Crippen LogP contribution in [0.4, 0.5) is 35.5 Å². The Labute approximate surface area is 238 Å². The number of piperidine rings is 1. The number of rotatable bonds is 4. The number of alkyl halides is 6. The average molecular weight is 604 g/mol. The number of hydrogen-bond donors (Lipinski definition) is 2.